The first-order valence-electron chi connectivity index (χ1n) is 10.6. The second kappa shape index (κ2) is 9.20. The van der Waals surface area contributed by atoms with Gasteiger partial charge in [-0.1, -0.05) is 36.4 Å². The molecule has 0 unspecified atom stereocenters. The first-order valence-corrected chi connectivity index (χ1v) is 10.6. The number of amides is 2. The van der Waals surface area contributed by atoms with Gasteiger partial charge in [-0.3, -0.25) is 14.3 Å². The summed E-state index contributed by atoms with van der Waals surface area (Å²) in [6.07, 6.45) is 0. The van der Waals surface area contributed by atoms with Crippen molar-refractivity contribution in [2.45, 2.75) is 13.8 Å². The molecule has 0 aliphatic heterocycles. The number of carbonyl (C=O) groups excluding carboxylic acids is 2. The monoisotopic (exact) mass is 445 g/mol. The maximum Gasteiger partial charge on any atom is 0.252 e. The molecule has 168 valence electrons. The summed E-state index contributed by atoms with van der Waals surface area (Å²) in [5.41, 5.74) is 4.07. The van der Waals surface area contributed by atoms with Crippen LogP contribution in [0.5, 0.6) is 0 Å². The minimum Gasteiger partial charge on any atom is -0.350 e. The Morgan fingerprint density at radius 2 is 1.67 bits per heavy atom. The highest BCUT2D eigenvalue weighted by Gasteiger charge is 2.19. The van der Waals surface area contributed by atoms with Crippen LogP contribution in [0.4, 0.5) is 4.39 Å². The topological polar surface area (TPSA) is 88.9 Å². The summed E-state index contributed by atoms with van der Waals surface area (Å²) in [7, 11) is 1.79. The van der Waals surface area contributed by atoms with Gasteiger partial charge in [0.2, 0.25) is 0 Å². The molecule has 0 bridgehead atoms. The molecule has 2 aromatic heterocycles. The van der Waals surface area contributed by atoms with Crippen molar-refractivity contribution in [3.05, 3.63) is 82.8 Å². The Morgan fingerprint density at radius 1 is 0.970 bits per heavy atom. The number of pyridine rings is 1. The molecule has 7 nitrogen and oxygen atoms in total. The molecule has 4 rings (SSSR count). The predicted molar refractivity (Wildman–Crippen MR) is 124 cm³/mol. The van der Waals surface area contributed by atoms with E-state index < -0.39 is 11.7 Å². The average Bonchev–Trinajstić information content (AvgIpc) is 3.11. The van der Waals surface area contributed by atoms with Gasteiger partial charge in [-0.05, 0) is 37.6 Å². The fourth-order valence-electron chi connectivity index (χ4n) is 3.66. The highest BCUT2D eigenvalue weighted by molar-refractivity contribution is 6.07. The number of aromatic nitrogens is 3. The van der Waals surface area contributed by atoms with Crippen LogP contribution < -0.4 is 10.6 Å². The van der Waals surface area contributed by atoms with Gasteiger partial charge in [0.25, 0.3) is 11.8 Å². The van der Waals surface area contributed by atoms with Gasteiger partial charge in [0, 0.05) is 31.3 Å². The van der Waals surface area contributed by atoms with Gasteiger partial charge in [-0.2, -0.15) is 5.10 Å². The van der Waals surface area contributed by atoms with Crippen LogP contribution in [-0.2, 0) is 7.05 Å². The van der Waals surface area contributed by atoms with Crippen LogP contribution in [0, 0.1) is 19.7 Å². The third-order valence-corrected chi connectivity index (χ3v) is 5.41. The van der Waals surface area contributed by atoms with E-state index in [2.05, 4.69) is 15.7 Å². The summed E-state index contributed by atoms with van der Waals surface area (Å²) < 4.78 is 15.4. The largest absolute Gasteiger partial charge is 0.350 e. The Hall–Kier alpha value is -4.07. The lowest BCUT2D eigenvalue weighted by Crippen LogP contribution is -2.34. The van der Waals surface area contributed by atoms with Crippen LogP contribution in [0.25, 0.3) is 22.3 Å². The molecule has 0 saturated heterocycles. The maximum absolute atomic E-state index is 13.7. The second-order valence-corrected chi connectivity index (χ2v) is 7.80. The molecule has 2 aromatic carbocycles. The normalized spacial score (nSPS) is 10.9. The number of halogens is 1. The highest BCUT2D eigenvalue weighted by Crippen LogP contribution is 2.26. The van der Waals surface area contributed by atoms with E-state index in [0.717, 1.165) is 5.56 Å². The van der Waals surface area contributed by atoms with E-state index in [1.165, 1.54) is 6.07 Å². The van der Waals surface area contributed by atoms with E-state index in [-0.39, 0.29) is 24.6 Å². The third kappa shape index (κ3) is 4.59. The Bertz CT molecular complexity index is 1350. The van der Waals surface area contributed by atoms with Crippen molar-refractivity contribution < 1.29 is 14.0 Å². The van der Waals surface area contributed by atoms with E-state index in [9.17, 15) is 14.0 Å². The van der Waals surface area contributed by atoms with E-state index in [0.29, 0.717) is 33.5 Å². The van der Waals surface area contributed by atoms with E-state index in [1.807, 2.05) is 37.3 Å². The van der Waals surface area contributed by atoms with Gasteiger partial charge >= 0.3 is 0 Å². The molecule has 2 heterocycles. The van der Waals surface area contributed by atoms with Crippen molar-refractivity contribution in [1.29, 1.82) is 0 Å². The quantitative estimate of drug-likeness (QED) is 0.444. The summed E-state index contributed by atoms with van der Waals surface area (Å²) in [6, 6.07) is 15.7. The number of nitrogens with zero attached hydrogens (tertiary/aromatic N) is 3. The smallest absolute Gasteiger partial charge is 0.252 e. The van der Waals surface area contributed by atoms with Crippen molar-refractivity contribution in [2.75, 3.05) is 13.1 Å². The SMILES string of the molecule is Cc1ccc(C(=O)NCCNC(=O)c2cc(-c3ccccc3)nc3c2c(C)nn3C)cc1F. The lowest BCUT2D eigenvalue weighted by molar-refractivity contribution is 0.0928. The first-order chi connectivity index (χ1) is 15.8. The molecule has 0 fully saturated rings. The Labute approximate surface area is 190 Å². The molecular formula is C25H24FN5O2. The van der Waals surface area contributed by atoms with Crippen LogP contribution in [0.1, 0.15) is 32.0 Å². The Morgan fingerprint density at radius 3 is 2.36 bits per heavy atom. The lowest BCUT2D eigenvalue weighted by atomic mass is 10.0. The molecule has 0 spiro atoms. The standard InChI is InChI=1S/C25H24FN5O2/c1-15-9-10-18(13-20(15)26)24(32)27-11-12-28-25(33)19-14-21(17-7-5-4-6-8-17)29-23-22(19)16(2)30-31(23)3/h4-10,13-14H,11-12H2,1-3H3,(H,27,32)(H,28,33). The molecule has 0 aliphatic carbocycles. The fraction of sp³-hybridized carbons (Fsp3) is 0.200. The van der Waals surface area contributed by atoms with E-state index in [4.69, 9.17) is 4.98 Å². The zero-order chi connectivity index (χ0) is 23.5. The zero-order valence-electron chi connectivity index (χ0n) is 18.6. The third-order valence-electron chi connectivity index (χ3n) is 5.41. The number of nitrogens with one attached hydrogen (secondary N) is 2. The number of carbonyl (C=O) groups is 2. The van der Waals surface area contributed by atoms with Crippen molar-refractivity contribution in [3.63, 3.8) is 0 Å². The van der Waals surface area contributed by atoms with Gasteiger partial charge in [0.05, 0.1) is 22.3 Å². The summed E-state index contributed by atoms with van der Waals surface area (Å²) >= 11 is 0. The van der Waals surface area contributed by atoms with Gasteiger partial charge in [0.15, 0.2) is 5.65 Å². The number of hydrogen-bond donors (Lipinski definition) is 2. The predicted octanol–water partition coefficient (Wildman–Crippen LogP) is 3.55. The maximum atomic E-state index is 13.7. The minimum absolute atomic E-state index is 0.200. The molecular weight excluding hydrogens is 421 g/mol. The van der Waals surface area contributed by atoms with Crippen LogP contribution >= 0.6 is 0 Å². The number of benzene rings is 2. The first kappa shape index (κ1) is 22.1. The van der Waals surface area contributed by atoms with E-state index in [1.54, 1.807) is 36.9 Å². The summed E-state index contributed by atoms with van der Waals surface area (Å²) in [6.45, 7) is 3.88. The van der Waals surface area contributed by atoms with Crippen molar-refractivity contribution in [3.8, 4) is 11.3 Å². The molecule has 8 heteroatoms. The molecule has 2 amide bonds. The molecule has 0 atom stereocenters. The van der Waals surface area contributed by atoms with E-state index >= 15 is 0 Å². The Kier molecular flexibility index (Phi) is 6.17. The lowest BCUT2D eigenvalue weighted by Gasteiger charge is -2.10. The van der Waals surface area contributed by atoms with Crippen LogP contribution in [0.15, 0.2) is 54.6 Å². The van der Waals surface area contributed by atoms with Crippen molar-refractivity contribution in [1.82, 2.24) is 25.4 Å². The second-order valence-electron chi connectivity index (χ2n) is 7.80. The number of aryl methyl sites for hydroxylation is 3. The molecule has 0 radical (unpaired) electrons. The summed E-state index contributed by atoms with van der Waals surface area (Å²) in [5, 5.41) is 10.6. The minimum atomic E-state index is -0.432. The summed E-state index contributed by atoms with van der Waals surface area (Å²) in [5.74, 6) is -1.12. The number of rotatable bonds is 6. The van der Waals surface area contributed by atoms with Gasteiger partial charge < -0.3 is 10.6 Å². The van der Waals surface area contributed by atoms with Crippen LogP contribution in [0.2, 0.25) is 0 Å². The highest BCUT2D eigenvalue weighted by atomic mass is 19.1. The summed E-state index contributed by atoms with van der Waals surface area (Å²) in [4.78, 5) is 30.0. The van der Waals surface area contributed by atoms with Crippen LogP contribution in [-0.4, -0.2) is 39.7 Å². The van der Waals surface area contributed by atoms with Gasteiger partial charge in [-0.25, -0.2) is 9.37 Å². The molecule has 0 aliphatic rings. The molecule has 2 N–H and O–H groups in total. The molecule has 33 heavy (non-hydrogen) atoms. The number of fused-ring (bicyclic) bond motifs is 1. The molecule has 0 saturated carbocycles. The fourth-order valence-corrected chi connectivity index (χ4v) is 3.66. The van der Waals surface area contributed by atoms with Crippen molar-refractivity contribution in [2.24, 2.45) is 7.05 Å². The van der Waals surface area contributed by atoms with Gasteiger partial charge in [0.1, 0.15) is 5.82 Å². The van der Waals surface area contributed by atoms with Gasteiger partial charge in [-0.15, -0.1) is 0 Å². The average molecular weight is 445 g/mol. The van der Waals surface area contributed by atoms with Crippen molar-refractivity contribution >= 4 is 22.8 Å². The number of hydrogen-bond acceptors (Lipinski definition) is 4. The zero-order valence-corrected chi connectivity index (χ0v) is 18.6. The van der Waals surface area contributed by atoms with Crippen LogP contribution in [0.3, 0.4) is 0 Å². The molecule has 4 aromatic rings. The Balaban J connectivity index is 1.49.